The highest BCUT2D eigenvalue weighted by atomic mass is 32.2. The first-order chi connectivity index (χ1) is 17.7. The Balaban J connectivity index is 1.49. The van der Waals surface area contributed by atoms with E-state index >= 15 is 0 Å². The average molecular weight is 550 g/mol. The van der Waals surface area contributed by atoms with Crippen LogP contribution in [0.25, 0.3) is 0 Å². The van der Waals surface area contributed by atoms with Crippen LogP contribution in [0, 0.1) is 28.6 Å². The Labute approximate surface area is 227 Å². The minimum Gasteiger partial charge on any atom is -0.456 e. The number of aliphatic hydroxyl groups excluding tert-OH is 1. The summed E-state index contributed by atoms with van der Waals surface area (Å²) in [4.78, 5) is 61.0. The molecule has 8 atom stereocenters. The number of aliphatic hydroxyl groups is 2. The minimum absolute atomic E-state index is 0.00986. The van der Waals surface area contributed by atoms with E-state index in [9.17, 15) is 34.2 Å². The van der Waals surface area contributed by atoms with E-state index in [4.69, 9.17) is 4.74 Å². The molecular weight excluding hydrogens is 510 g/mol. The zero-order chi connectivity index (χ0) is 28.0. The maximum Gasteiger partial charge on any atom is 0.329 e. The number of hydrogen-bond donors (Lipinski definition) is 3. The first-order valence-corrected chi connectivity index (χ1v) is 14.5. The van der Waals surface area contributed by atoms with Gasteiger partial charge in [-0.2, -0.15) is 0 Å². The zero-order valence-corrected chi connectivity index (χ0v) is 23.4. The Bertz CT molecular complexity index is 1070. The molecule has 0 saturated heterocycles. The van der Waals surface area contributed by atoms with Crippen LogP contribution in [-0.2, 0) is 28.7 Å². The van der Waals surface area contributed by atoms with Gasteiger partial charge < -0.3 is 20.3 Å². The van der Waals surface area contributed by atoms with Crippen molar-refractivity contribution in [2.45, 2.75) is 90.4 Å². The van der Waals surface area contributed by atoms with Crippen LogP contribution in [0.1, 0.15) is 72.6 Å². The number of Topliss-reactive ketones (excluding diaryl/α,β-unsaturated/α-hetero) is 1. The normalized spacial score (nSPS) is 38.7. The second-order valence-corrected chi connectivity index (χ2v) is 13.3. The average Bonchev–Trinajstić information content (AvgIpc) is 3.10. The molecule has 4 aliphatic rings. The molecule has 0 aromatic carbocycles. The Kier molecular flexibility index (Phi) is 8.00. The molecule has 0 heterocycles. The third-order valence-corrected chi connectivity index (χ3v) is 10.9. The largest absolute Gasteiger partial charge is 0.456 e. The molecule has 3 N–H and O–H groups in total. The zero-order valence-electron chi connectivity index (χ0n) is 22.6. The minimum atomic E-state index is -1.76. The molecule has 38 heavy (non-hydrogen) atoms. The third kappa shape index (κ3) is 4.88. The molecule has 9 nitrogen and oxygen atoms in total. The molecule has 3 fully saturated rings. The number of fused-ring (bicyclic) bond motifs is 5. The van der Waals surface area contributed by atoms with Crippen LogP contribution in [0.3, 0.4) is 0 Å². The van der Waals surface area contributed by atoms with Gasteiger partial charge in [0.1, 0.15) is 11.6 Å². The van der Waals surface area contributed by atoms with Crippen molar-refractivity contribution >= 4 is 40.3 Å². The van der Waals surface area contributed by atoms with Crippen molar-refractivity contribution in [3.63, 3.8) is 0 Å². The van der Waals surface area contributed by atoms with Gasteiger partial charge in [0, 0.05) is 31.4 Å². The summed E-state index contributed by atoms with van der Waals surface area (Å²) in [5, 5.41) is 25.5. The summed E-state index contributed by atoms with van der Waals surface area (Å²) in [6.07, 6.45) is 4.85. The quantitative estimate of drug-likeness (QED) is 0.406. The molecule has 4 rings (SSSR count). The van der Waals surface area contributed by atoms with Crippen molar-refractivity contribution < 1.29 is 38.9 Å². The fourth-order valence-corrected chi connectivity index (χ4v) is 8.74. The molecule has 0 bridgehead atoms. The van der Waals surface area contributed by atoms with Crippen LogP contribution in [-0.4, -0.2) is 68.9 Å². The smallest absolute Gasteiger partial charge is 0.329 e. The van der Waals surface area contributed by atoms with E-state index in [1.165, 1.54) is 13.8 Å². The van der Waals surface area contributed by atoms with Crippen molar-refractivity contribution in [1.29, 1.82) is 0 Å². The van der Waals surface area contributed by atoms with E-state index in [0.29, 0.717) is 19.3 Å². The monoisotopic (exact) mass is 549 g/mol. The summed E-state index contributed by atoms with van der Waals surface area (Å²) < 4.78 is 5.24. The Hall–Kier alpha value is -2.04. The van der Waals surface area contributed by atoms with Gasteiger partial charge in [0.05, 0.1) is 6.10 Å². The fourth-order valence-electron chi connectivity index (χ4n) is 8.12. The lowest BCUT2D eigenvalue weighted by Crippen LogP contribution is -2.62. The van der Waals surface area contributed by atoms with E-state index in [0.717, 1.165) is 30.2 Å². The Morgan fingerprint density at radius 1 is 1.16 bits per heavy atom. The van der Waals surface area contributed by atoms with E-state index in [-0.39, 0.29) is 52.7 Å². The molecule has 10 heteroatoms. The molecule has 0 aromatic rings. The summed E-state index contributed by atoms with van der Waals surface area (Å²) in [6, 6.07) is -1.10. The lowest BCUT2D eigenvalue weighted by atomic mass is 9.45. The standard InChI is InChI=1S/C28H39NO8S/c1-15(30)29-21(14-38-16(2)31)25(35)37-13-23(34)28(36)10-8-20-19-6-5-17-11-18(32)7-9-26(17,3)24(19)22(33)12-27(20,28)4/h11,19-22,24,33,36H,5-10,12-14H2,1-4H3,(H,29,30)/t19?,20?,21?,22-,24?,26-,27-,28-/m0/s1. The predicted molar refractivity (Wildman–Crippen MR) is 140 cm³/mol. The van der Waals surface area contributed by atoms with Crippen molar-refractivity contribution in [2.24, 2.45) is 28.6 Å². The topological polar surface area (TPSA) is 147 Å². The van der Waals surface area contributed by atoms with Gasteiger partial charge in [0.15, 0.2) is 17.5 Å². The lowest BCUT2D eigenvalue weighted by molar-refractivity contribution is -0.184. The first kappa shape index (κ1) is 29.0. The first-order valence-electron chi connectivity index (χ1n) is 13.5. The number of amides is 1. The van der Waals surface area contributed by atoms with Crippen molar-refractivity contribution in [3.8, 4) is 0 Å². The highest BCUT2D eigenvalue weighted by Crippen LogP contribution is 2.67. The summed E-state index contributed by atoms with van der Waals surface area (Å²) in [5.74, 6) is -1.74. The highest BCUT2D eigenvalue weighted by molar-refractivity contribution is 8.13. The highest BCUT2D eigenvalue weighted by Gasteiger charge is 2.68. The Morgan fingerprint density at radius 2 is 1.87 bits per heavy atom. The van der Waals surface area contributed by atoms with Gasteiger partial charge in [-0.3, -0.25) is 19.2 Å². The van der Waals surface area contributed by atoms with Gasteiger partial charge in [0.25, 0.3) is 0 Å². The van der Waals surface area contributed by atoms with Crippen LogP contribution < -0.4 is 5.32 Å². The van der Waals surface area contributed by atoms with Crippen LogP contribution >= 0.6 is 11.8 Å². The van der Waals surface area contributed by atoms with Gasteiger partial charge >= 0.3 is 5.97 Å². The molecule has 4 unspecified atom stereocenters. The molecule has 4 aliphatic carbocycles. The number of hydrogen-bond acceptors (Lipinski definition) is 9. The number of carbonyl (C=O) groups excluding carboxylic acids is 5. The predicted octanol–water partition coefficient (Wildman–Crippen LogP) is 2.12. The van der Waals surface area contributed by atoms with E-state index in [1.807, 2.05) is 6.92 Å². The maximum atomic E-state index is 13.4. The summed E-state index contributed by atoms with van der Waals surface area (Å²) in [7, 11) is 0. The van der Waals surface area contributed by atoms with Gasteiger partial charge in [0.2, 0.25) is 11.7 Å². The molecule has 210 valence electrons. The molecule has 0 aliphatic heterocycles. The molecule has 0 spiro atoms. The van der Waals surface area contributed by atoms with Crippen molar-refractivity contribution in [3.05, 3.63) is 11.6 Å². The SMILES string of the molecule is CC(=O)NC(CSC(C)=O)C(=O)OCC(=O)[C@@]1(O)CCC2C3CCC4=CC(=O)CC[C@]4(C)C3[C@@H](O)C[C@@]21C. The number of ketones is 2. The number of nitrogens with one attached hydrogen (secondary N) is 1. The van der Waals surface area contributed by atoms with Gasteiger partial charge in [-0.25, -0.2) is 4.79 Å². The number of carbonyl (C=O) groups is 5. The second kappa shape index (κ2) is 10.5. The van der Waals surface area contributed by atoms with Gasteiger partial charge in [-0.15, -0.1) is 0 Å². The fraction of sp³-hybridized carbons (Fsp3) is 0.750. The van der Waals surface area contributed by atoms with Crippen molar-refractivity contribution in [1.82, 2.24) is 5.32 Å². The number of allylic oxidation sites excluding steroid dienone is 1. The van der Waals surface area contributed by atoms with Gasteiger partial charge in [-0.05, 0) is 67.8 Å². The number of ether oxygens (including phenoxy) is 1. The van der Waals surface area contributed by atoms with E-state index in [2.05, 4.69) is 12.2 Å². The molecule has 0 aromatic heterocycles. The molecule has 3 saturated carbocycles. The molecule has 1 amide bonds. The van der Waals surface area contributed by atoms with Crippen LogP contribution in [0.15, 0.2) is 11.6 Å². The summed E-state index contributed by atoms with van der Waals surface area (Å²) >= 11 is 0.862. The number of thioether (sulfide) groups is 1. The van der Waals surface area contributed by atoms with Crippen molar-refractivity contribution in [2.75, 3.05) is 12.4 Å². The third-order valence-electron chi connectivity index (χ3n) is 9.97. The van der Waals surface area contributed by atoms with Crippen LogP contribution in [0.4, 0.5) is 0 Å². The molecule has 0 radical (unpaired) electrons. The van der Waals surface area contributed by atoms with Gasteiger partial charge in [-0.1, -0.05) is 31.2 Å². The number of rotatable bonds is 7. The Morgan fingerprint density at radius 3 is 2.53 bits per heavy atom. The van der Waals surface area contributed by atoms with Crippen LogP contribution in [0.2, 0.25) is 0 Å². The summed E-state index contributed by atoms with van der Waals surface area (Å²) in [5.41, 5.74) is -1.80. The lowest BCUT2D eigenvalue weighted by Gasteiger charge is -2.60. The van der Waals surface area contributed by atoms with Crippen LogP contribution in [0.5, 0.6) is 0 Å². The summed E-state index contributed by atoms with van der Waals surface area (Å²) in [6.45, 7) is 5.94. The molecular formula is C28H39NO8S. The maximum absolute atomic E-state index is 13.4. The van der Waals surface area contributed by atoms with E-state index in [1.54, 1.807) is 6.08 Å². The number of esters is 1. The van der Waals surface area contributed by atoms with E-state index < -0.39 is 47.4 Å². The second-order valence-electron chi connectivity index (χ2n) is 12.1.